The molecular formula is C30H41F2N7O2S2. The Kier molecular flexibility index (Phi) is 11.7. The zero-order chi connectivity index (χ0) is 31.9. The maximum atomic E-state index is 15.1. The lowest BCUT2D eigenvalue weighted by Gasteiger charge is -2.23. The van der Waals surface area contributed by atoms with Crippen molar-refractivity contribution in [3.05, 3.63) is 69.8 Å². The molecule has 1 aromatic carbocycles. The van der Waals surface area contributed by atoms with Crippen LogP contribution in [-0.4, -0.2) is 62.5 Å². The number of H-pyrrole nitrogens is 1. The molecule has 1 heterocycles. The summed E-state index contributed by atoms with van der Waals surface area (Å²) in [4.78, 5) is 11.2. The fourth-order valence-corrected chi connectivity index (χ4v) is 5.29. The predicted molar refractivity (Wildman–Crippen MR) is 175 cm³/mol. The first kappa shape index (κ1) is 34.0. The minimum absolute atomic E-state index is 0.0787. The topological polar surface area (TPSA) is 129 Å². The van der Waals surface area contributed by atoms with Crippen molar-refractivity contribution >= 4 is 45.2 Å². The van der Waals surface area contributed by atoms with Crippen molar-refractivity contribution in [1.29, 1.82) is 0 Å². The Morgan fingerprint density at radius 1 is 1.26 bits per heavy atom. The molecule has 1 aliphatic carbocycles. The first-order chi connectivity index (χ1) is 20.3. The molecule has 0 saturated heterocycles. The number of nitrogens with one attached hydrogen (secondary N) is 2. The monoisotopic (exact) mass is 633 g/mol. The standard InChI is InChI=1S/C30H41F2N7O2S2/c1-8-18(2)27(22(16-33)17-34-11-12-43(7,40)41)28(21-9-10-21)30(36-26-13-19(3)37-38-26)35-20(4)39(5)29-24(31)14-23(42-6)15-25(29)32/h13-17,21H,8-12,33H2,1-7H3,(H2,36,37,38)/b22-16+,27-18+,30-28+,34-17?,35-20+. The highest BCUT2D eigenvalue weighted by atomic mass is 32.2. The maximum Gasteiger partial charge on any atom is 0.153 e. The summed E-state index contributed by atoms with van der Waals surface area (Å²) in [6, 6.07) is 4.44. The van der Waals surface area contributed by atoms with Crippen LogP contribution in [0.15, 0.2) is 67.4 Å². The number of amidine groups is 1. The summed E-state index contributed by atoms with van der Waals surface area (Å²) in [5.41, 5.74) is 10.1. The highest BCUT2D eigenvalue weighted by Gasteiger charge is 2.33. The Bertz CT molecular complexity index is 1560. The summed E-state index contributed by atoms with van der Waals surface area (Å²) in [7, 11) is -1.60. The zero-order valence-corrected chi connectivity index (χ0v) is 27.4. The molecule has 9 nitrogen and oxygen atoms in total. The van der Waals surface area contributed by atoms with E-state index in [1.54, 1.807) is 26.4 Å². The average molecular weight is 634 g/mol. The molecule has 1 fully saturated rings. The van der Waals surface area contributed by atoms with Gasteiger partial charge in [-0.1, -0.05) is 12.5 Å². The van der Waals surface area contributed by atoms with Crippen molar-refractivity contribution in [2.45, 2.75) is 51.9 Å². The van der Waals surface area contributed by atoms with Gasteiger partial charge in [0.2, 0.25) is 0 Å². The van der Waals surface area contributed by atoms with Gasteiger partial charge in [0, 0.05) is 53.5 Å². The van der Waals surface area contributed by atoms with Gasteiger partial charge in [-0.25, -0.2) is 22.2 Å². The number of hydrogen-bond acceptors (Lipinski definition) is 8. The van der Waals surface area contributed by atoms with Crippen LogP contribution < -0.4 is 16.0 Å². The van der Waals surface area contributed by atoms with E-state index in [4.69, 9.17) is 10.7 Å². The van der Waals surface area contributed by atoms with Crippen LogP contribution >= 0.6 is 11.8 Å². The van der Waals surface area contributed by atoms with Gasteiger partial charge >= 0.3 is 0 Å². The van der Waals surface area contributed by atoms with Crippen LogP contribution in [0.2, 0.25) is 0 Å². The number of thioether (sulfide) groups is 1. The van der Waals surface area contributed by atoms with E-state index in [9.17, 15) is 8.42 Å². The van der Waals surface area contributed by atoms with Crippen LogP contribution in [0.1, 0.15) is 45.7 Å². The highest BCUT2D eigenvalue weighted by molar-refractivity contribution is 7.98. The van der Waals surface area contributed by atoms with Crippen molar-refractivity contribution in [2.24, 2.45) is 21.6 Å². The molecular weight excluding hydrogens is 593 g/mol. The van der Waals surface area contributed by atoms with Crippen molar-refractivity contribution in [3.8, 4) is 0 Å². The maximum absolute atomic E-state index is 15.1. The molecule has 2 aromatic rings. The number of nitrogens with two attached hydrogens (primary N) is 1. The SMILES string of the molecule is CC/C(C)=C(C(\C=NCCS(C)(=O)=O)=C\N)/C(=C(\N=C(/C)N(C)c1c(F)cc(SC)cc1F)Nc1cc(C)[nH]n1)C1CC1. The van der Waals surface area contributed by atoms with E-state index in [1.165, 1.54) is 41.3 Å². The molecule has 13 heteroatoms. The second-order valence-corrected chi connectivity index (χ2v) is 13.7. The number of halogens is 2. The number of aryl methyl sites for hydroxylation is 1. The van der Waals surface area contributed by atoms with Crippen LogP contribution in [0.3, 0.4) is 0 Å². The van der Waals surface area contributed by atoms with Crippen LogP contribution in [0.25, 0.3) is 0 Å². The molecule has 0 unspecified atom stereocenters. The predicted octanol–water partition coefficient (Wildman–Crippen LogP) is 5.99. The number of hydrogen-bond donors (Lipinski definition) is 3. The molecule has 0 aliphatic heterocycles. The Morgan fingerprint density at radius 2 is 1.91 bits per heavy atom. The van der Waals surface area contributed by atoms with Crippen molar-refractivity contribution < 1.29 is 17.2 Å². The van der Waals surface area contributed by atoms with E-state index in [1.807, 2.05) is 26.8 Å². The molecule has 3 rings (SSSR count). The molecule has 1 aliphatic rings. The number of nitrogens with zero attached hydrogens (tertiary/aromatic N) is 4. The van der Waals surface area contributed by atoms with Gasteiger partial charge in [-0.2, -0.15) is 5.10 Å². The third kappa shape index (κ3) is 9.27. The smallest absolute Gasteiger partial charge is 0.153 e. The number of aliphatic imine (C=N–C) groups is 2. The van der Waals surface area contributed by atoms with Crippen LogP contribution in [0.4, 0.5) is 20.3 Å². The van der Waals surface area contributed by atoms with Crippen molar-refractivity contribution in [3.63, 3.8) is 0 Å². The number of allylic oxidation sites excluding steroid dienone is 4. The number of rotatable bonds is 13. The third-order valence-corrected chi connectivity index (χ3v) is 8.66. The average Bonchev–Trinajstić information content (AvgIpc) is 3.70. The molecule has 1 aromatic heterocycles. The number of aromatic nitrogens is 2. The van der Waals surface area contributed by atoms with Crippen LogP contribution in [0, 0.1) is 24.5 Å². The largest absolute Gasteiger partial charge is 0.404 e. The molecule has 0 radical (unpaired) electrons. The van der Waals surface area contributed by atoms with E-state index >= 15 is 8.78 Å². The number of aromatic amines is 1. The lowest BCUT2D eigenvalue weighted by atomic mass is 9.89. The van der Waals surface area contributed by atoms with Gasteiger partial charge in [0.15, 0.2) is 17.5 Å². The Morgan fingerprint density at radius 3 is 2.40 bits per heavy atom. The minimum atomic E-state index is -3.17. The fraction of sp³-hybridized carbons (Fsp3) is 0.433. The second-order valence-electron chi connectivity index (χ2n) is 10.6. The lowest BCUT2D eigenvalue weighted by molar-refractivity contribution is 0.579. The Hall–Kier alpha value is -3.45. The number of sulfone groups is 1. The summed E-state index contributed by atoms with van der Waals surface area (Å²) >= 11 is 1.26. The summed E-state index contributed by atoms with van der Waals surface area (Å²) in [5, 5.41) is 10.6. The van der Waals surface area contributed by atoms with Gasteiger partial charge in [-0.05, 0) is 69.9 Å². The molecule has 4 N–H and O–H groups in total. The molecule has 0 atom stereocenters. The molecule has 43 heavy (non-hydrogen) atoms. The Labute approximate surface area is 257 Å². The van der Waals surface area contributed by atoms with Gasteiger partial charge in [0.05, 0.1) is 12.3 Å². The molecule has 1 saturated carbocycles. The van der Waals surface area contributed by atoms with E-state index in [0.29, 0.717) is 34.4 Å². The molecule has 0 bridgehead atoms. The summed E-state index contributed by atoms with van der Waals surface area (Å²) < 4.78 is 53.4. The fourth-order valence-electron chi connectivity index (χ4n) is 4.41. The first-order valence-electron chi connectivity index (χ1n) is 13.9. The van der Waals surface area contributed by atoms with Gasteiger partial charge in [-0.3, -0.25) is 10.1 Å². The van der Waals surface area contributed by atoms with Crippen LogP contribution in [-0.2, 0) is 9.84 Å². The van der Waals surface area contributed by atoms with E-state index in [0.717, 1.165) is 35.3 Å². The summed E-state index contributed by atoms with van der Waals surface area (Å²) in [5.74, 6) is 0.0140. The zero-order valence-electron chi connectivity index (χ0n) is 25.8. The van der Waals surface area contributed by atoms with Gasteiger partial charge < -0.3 is 16.0 Å². The van der Waals surface area contributed by atoms with Gasteiger partial charge in [-0.15, -0.1) is 11.8 Å². The summed E-state index contributed by atoms with van der Waals surface area (Å²) in [6.07, 6.45) is 8.50. The minimum Gasteiger partial charge on any atom is -0.404 e. The number of benzene rings is 1. The lowest BCUT2D eigenvalue weighted by Crippen LogP contribution is -2.26. The quantitative estimate of drug-likeness (QED) is 0.107. The van der Waals surface area contributed by atoms with Crippen molar-refractivity contribution in [2.75, 3.05) is 42.1 Å². The molecule has 234 valence electrons. The van der Waals surface area contributed by atoms with Gasteiger partial charge in [0.25, 0.3) is 0 Å². The van der Waals surface area contributed by atoms with E-state index in [-0.39, 0.29) is 23.9 Å². The van der Waals surface area contributed by atoms with E-state index in [2.05, 4.69) is 20.5 Å². The first-order valence-corrected chi connectivity index (χ1v) is 17.2. The van der Waals surface area contributed by atoms with Gasteiger partial charge in [0.1, 0.15) is 27.2 Å². The Balaban J connectivity index is 2.21. The summed E-state index contributed by atoms with van der Waals surface area (Å²) in [6.45, 7) is 7.70. The van der Waals surface area contributed by atoms with Crippen molar-refractivity contribution in [1.82, 2.24) is 10.2 Å². The third-order valence-electron chi connectivity index (χ3n) is 7.03. The van der Waals surface area contributed by atoms with Crippen LogP contribution in [0.5, 0.6) is 0 Å². The number of anilines is 2. The van der Waals surface area contributed by atoms with E-state index < -0.39 is 21.5 Å². The molecule has 0 spiro atoms. The highest BCUT2D eigenvalue weighted by Crippen LogP contribution is 2.45. The molecule has 0 amide bonds. The second kappa shape index (κ2) is 14.8. The normalized spacial score (nSPS) is 15.9.